The predicted molar refractivity (Wildman–Crippen MR) is 134 cm³/mol. The van der Waals surface area contributed by atoms with Crippen LogP contribution in [0.1, 0.15) is 58.3 Å². The van der Waals surface area contributed by atoms with Crippen LogP contribution < -0.4 is 10.1 Å². The number of amides is 1. The predicted octanol–water partition coefficient (Wildman–Crippen LogP) is 5.05. The van der Waals surface area contributed by atoms with Crippen LogP contribution >= 0.6 is 0 Å². The van der Waals surface area contributed by atoms with Crippen LogP contribution in [0.2, 0.25) is 0 Å². The number of benzene rings is 2. The fourth-order valence-corrected chi connectivity index (χ4v) is 5.96. The Labute approximate surface area is 205 Å². The van der Waals surface area contributed by atoms with E-state index in [1.165, 1.54) is 23.4 Å². The molecule has 1 saturated heterocycles. The van der Waals surface area contributed by atoms with Crippen LogP contribution in [-0.4, -0.2) is 42.5 Å². The maximum atomic E-state index is 13.3. The van der Waals surface area contributed by atoms with Crippen molar-refractivity contribution < 1.29 is 22.7 Å². The zero-order chi connectivity index (χ0) is 25.2. The second-order valence-electron chi connectivity index (χ2n) is 8.67. The van der Waals surface area contributed by atoms with E-state index in [0.29, 0.717) is 41.4 Å². The quantitative estimate of drug-likeness (QED) is 0.446. The Hall–Kier alpha value is -3.43. The second kappa shape index (κ2) is 10.1. The molecule has 1 aliphatic heterocycles. The minimum Gasteiger partial charge on any atom is -0.455 e. The van der Waals surface area contributed by atoms with Gasteiger partial charge in [0.25, 0.3) is 5.91 Å². The Morgan fingerprint density at radius 3 is 2.31 bits per heavy atom. The molecular weight excluding hydrogens is 466 g/mol. The smallest absolute Gasteiger partial charge is 0.272 e. The van der Waals surface area contributed by atoms with Gasteiger partial charge in [-0.3, -0.25) is 9.59 Å². The third kappa shape index (κ3) is 5.16. The molecule has 0 spiro atoms. The number of Topliss-reactive ketones (excluding diaryl/α,β-unsaturated/α-hetero) is 1. The van der Waals surface area contributed by atoms with Crippen molar-refractivity contribution in [3.8, 4) is 11.5 Å². The van der Waals surface area contributed by atoms with Gasteiger partial charge in [0, 0.05) is 24.3 Å². The van der Waals surface area contributed by atoms with Crippen molar-refractivity contribution in [2.24, 2.45) is 0 Å². The molecule has 3 aromatic rings. The maximum Gasteiger partial charge on any atom is 0.272 e. The van der Waals surface area contributed by atoms with Crippen LogP contribution in [0.15, 0.2) is 53.4 Å². The summed E-state index contributed by atoms with van der Waals surface area (Å²) in [5, 5.41) is 2.79. The molecular formula is C26H29N3O5S. The number of carbonyl (C=O) groups is 2. The molecule has 9 heteroatoms. The summed E-state index contributed by atoms with van der Waals surface area (Å²) in [5.41, 5.74) is 2.06. The highest BCUT2D eigenvalue weighted by atomic mass is 32.2. The van der Waals surface area contributed by atoms with Gasteiger partial charge in [-0.15, -0.1) is 0 Å². The number of sulfonamides is 1. The molecule has 2 heterocycles. The molecule has 1 amide bonds. The second-order valence-corrected chi connectivity index (χ2v) is 10.6. The van der Waals surface area contributed by atoms with Gasteiger partial charge in [-0.05, 0) is 69.5 Å². The fraction of sp³-hybridized carbons (Fsp3) is 0.308. The van der Waals surface area contributed by atoms with E-state index < -0.39 is 15.9 Å². The first-order chi connectivity index (χ1) is 16.7. The first-order valence-electron chi connectivity index (χ1n) is 11.6. The summed E-state index contributed by atoms with van der Waals surface area (Å²) in [7, 11) is -3.72. The van der Waals surface area contributed by atoms with E-state index in [-0.39, 0.29) is 22.1 Å². The number of anilines is 1. The summed E-state index contributed by atoms with van der Waals surface area (Å²) in [6, 6.07) is 13.5. The third-order valence-electron chi connectivity index (χ3n) is 6.14. The zero-order valence-electron chi connectivity index (χ0n) is 20.1. The van der Waals surface area contributed by atoms with E-state index in [0.717, 1.165) is 19.3 Å². The molecule has 184 valence electrons. The number of aryl methyl sites for hydroxylation is 1. The number of para-hydroxylation sites is 1. The Morgan fingerprint density at radius 2 is 1.69 bits per heavy atom. The number of nitrogens with zero attached hydrogens (tertiary/aromatic N) is 1. The van der Waals surface area contributed by atoms with E-state index >= 15 is 0 Å². The summed E-state index contributed by atoms with van der Waals surface area (Å²) >= 11 is 0. The number of piperidine rings is 1. The first-order valence-corrected chi connectivity index (χ1v) is 13.0. The van der Waals surface area contributed by atoms with E-state index in [1.807, 2.05) is 18.2 Å². The highest BCUT2D eigenvalue weighted by Gasteiger charge is 2.28. The van der Waals surface area contributed by atoms with Crippen molar-refractivity contribution in [3.05, 3.63) is 71.0 Å². The molecule has 0 saturated carbocycles. The molecule has 0 atom stereocenters. The fourth-order valence-electron chi connectivity index (χ4n) is 4.42. The number of H-pyrrole nitrogens is 1. The van der Waals surface area contributed by atoms with Crippen molar-refractivity contribution in [1.29, 1.82) is 0 Å². The first kappa shape index (κ1) is 24.7. The number of aromatic amines is 1. The van der Waals surface area contributed by atoms with E-state index in [4.69, 9.17) is 4.74 Å². The molecule has 0 aliphatic carbocycles. The minimum absolute atomic E-state index is 0.0823. The summed E-state index contributed by atoms with van der Waals surface area (Å²) < 4.78 is 34.0. The Kier molecular flexibility index (Phi) is 7.09. The molecule has 2 aromatic carbocycles. The normalized spacial score (nSPS) is 14.5. The molecule has 2 N–H and O–H groups in total. The molecule has 1 aromatic heterocycles. The van der Waals surface area contributed by atoms with Crippen LogP contribution in [0.3, 0.4) is 0 Å². The molecule has 0 radical (unpaired) electrons. The van der Waals surface area contributed by atoms with Gasteiger partial charge >= 0.3 is 0 Å². The van der Waals surface area contributed by atoms with E-state index in [1.54, 1.807) is 32.0 Å². The lowest BCUT2D eigenvalue weighted by atomic mass is 10.1. The molecule has 4 rings (SSSR count). The molecule has 8 nitrogen and oxygen atoms in total. The average molecular weight is 496 g/mol. The highest BCUT2D eigenvalue weighted by molar-refractivity contribution is 7.89. The average Bonchev–Trinajstić information content (AvgIpc) is 3.15. The summed E-state index contributed by atoms with van der Waals surface area (Å²) in [6.07, 6.45) is 2.65. The molecule has 0 unspecified atom stereocenters. The minimum atomic E-state index is -3.72. The van der Waals surface area contributed by atoms with Crippen molar-refractivity contribution >= 4 is 27.4 Å². The van der Waals surface area contributed by atoms with Gasteiger partial charge in [0.05, 0.1) is 10.6 Å². The van der Waals surface area contributed by atoms with Crippen LogP contribution in [-0.2, 0) is 10.0 Å². The Morgan fingerprint density at radius 1 is 1.00 bits per heavy atom. The Bertz CT molecular complexity index is 1360. The van der Waals surface area contributed by atoms with Gasteiger partial charge in [0.15, 0.2) is 11.5 Å². The number of ketones is 1. The molecule has 0 bridgehead atoms. The number of hydrogen-bond donors (Lipinski definition) is 2. The van der Waals surface area contributed by atoms with Gasteiger partial charge in [0.2, 0.25) is 10.0 Å². The zero-order valence-corrected chi connectivity index (χ0v) is 20.9. The monoisotopic (exact) mass is 495 g/mol. The summed E-state index contributed by atoms with van der Waals surface area (Å²) in [6.45, 7) is 5.83. The van der Waals surface area contributed by atoms with E-state index in [2.05, 4.69) is 10.3 Å². The van der Waals surface area contributed by atoms with Crippen LogP contribution in [0, 0.1) is 13.8 Å². The number of hydrogen-bond acceptors (Lipinski definition) is 5. The lowest BCUT2D eigenvalue weighted by Crippen LogP contribution is -2.35. The van der Waals surface area contributed by atoms with Gasteiger partial charge in [0.1, 0.15) is 11.4 Å². The lowest BCUT2D eigenvalue weighted by molar-refractivity contribution is 0.101. The third-order valence-corrected chi connectivity index (χ3v) is 8.03. The van der Waals surface area contributed by atoms with E-state index in [9.17, 15) is 18.0 Å². The molecule has 1 aliphatic rings. The number of carbonyl (C=O) groups excluding carboxylic acids is 2. The summed E-state index contributed by atoms with van der Waals surface area (Å²) in [4.78, 5) is 28.3. The van der Waals surface area contributed by atoms with Crippen molar-refractivity contribution in [1.82, 2.24) is 9.29 Å². The van der Waals surface area contributed by atoms with Gasteiger partial charge < -0.3 is 15.0 Å². The van der Waals surface area contributed by atoms with Crippen LogP contribution in [0.4, 0.5) is 5.69 Å². The van der Waals surface area contributed by atoms with Gasteiger partial charge in [-0.25, -0.2) is 8.42 Å². The largest absolute Gasteiger partial charge is 0.455 e. The Balaban J connectivity index is 1.72. The van der Waals surface area contributed by atoms with Gasteiger partial charge in [-0.1, -0.05) is 24.6 Å². The number of ether oxygens (including phenoxy) is 1. The van der Waals surface area contributed by atoms with Crippen molar-refractivity contribution in [2.45, 2.75) is 44.9 Å². The number of aromatic nitrogens is 1. The molecule has 35 heavy (non-hydrogen) atoms. The topological polar surface area (TPSA) is 109 Å². The highest BCUT2D eigenvalue weighted by Crippen LogP contribution is 2.34. The number of nitrogens with one attached hydrogen (secondary N) is 2. The maximum absolute atomic E-state index is 13.3. The van der Waals surface area contributed by atoms with Gasteiger partial charge in [-0.2, -0.15) is 4.31 Å². The standard InChI is InChI=1S/C26H29N3O5S/c1-17-24(19(3)30)18(2)27-25(17)26(31)28-22-16-21(35(32,33)29-14-8-5-9-15-29)12-13-23(22)34-20-10-6-4-7-11-20/h4,6-7,10-13,16,27H,5,8-9,14-15H2,1-3H3,(H,28,31). The number of rotatable bonds is 7. The van der Waals surface area contributed by atoms with Crippen LogP contribution in [0.25, 0.3) is 0 Å². The van der Waals surface area contributed by atoms with Crippen LogP contribution in [0.5, 0.6) is 11.5 Å². The SMILES string of the molecule is CC(=O)c1c(C)[nH]c(C(=O)Nc2cc(S(=O)(=O)N3CCCCC3)ccc2Oc2ccccc2)c1C. The molecule has 1 fully saturated rings. The summed E-state index contributed by atoms with van der Waals surface area (Å²) in [5.74, 6) is 0.205. The lowest BCUT2D eigenvalue weighted by Gasteiger charge is -2.26. The van der Waals surface area contributed by atoms with Crippen molar-refractivity contribution in [3.63, 3.8) is 0 Å². The van der Waals surface area contributed by atoms with Crippen molar-refractivity contribution in [2.75, 3.05) is 18.4 Å².